The van der Waals surface area contributed by atoms with E-state index in [1.165, 1.54) is 0 Å². The lowest BCUT2D eigenvalue weighted by Crippen LogP contribution is -2.30. The molecule has 0 bridgehead atoms. The Morgan fingerprint density at radius 2 is 1.84 bits per heavy atom. The number of amides is 1. The molecule has 0 aliphatic heterocycles. The predicted molar refractivity (Wildman–Crippen MR) is 124 cm³/mol. The third-order valence-electron chi connectivity index (χ3n) is 4.83. The van der Waals surface area contributed by atoms with Crippen LogP contribution < -0.4 is 20.7 Å². The summed E-state index contributed by atoms with van der Waals surface area (Å²) in [5.41, 5.74) is 3.70. The van der Waals surface area contributed by atoms with E-state index in [2.05, 4.69) is 30.9 Å². The molecule has 0 spiro atoms. The lowest BCUT2D eigenvalue weighted by atomic mass is 10.3. The van der Waals surface area contributed by atoms with Gasteiger partial charge in [0.2, 0.25) is 5.95 Å². The zero-order valence-electron chi connectivity index (χ0n) is 18.2. The van der Waals surface area contributed by atoms with Crippen LogP contribution in [0.3, 0.4) is 0 Å². The summed E-state index contributed by atoms with van der Waals surface area (Å²) in [6.07, 6.45) is 1.83. The molecule has 0 atom stereocenters. The van der Waals surface area contributed by atoms with E-state index in [1.54, 1.807) is 11.5 Å². The van der Waals surface area contributed by atoms with Crippen molar-refractivity contribution in [2.75, 3.05) is 30.8 Å². The number of aryl methyl sites for hydroxylation is 2. The van der Waals surface area contributed by atoms with Crippen LogP contribution in [-0.4, -0.2) is 45.5 Å². The number of benzene rings is 1. The summed E-state index contributed by atoms with van der Waals surface area (Å²) in [5, 5.41) is 9.35. The number of aromatic nitrogens is 4. The van der Waals surface area contributed by atoms with Gasteiger partial charge in [0.1, 0.15) is 22.9 Å². The molecule has 0 aliphatic rings. The second-order valence-corrected chi connectivity index (χ2v) is 7.23. The molecule has 3 aromatic heterocycles. The average Bonchev–Trinajstić information content (AvgIpc) is 3.12. The van der Waals surface area contributed by atoms with Crippen molar-refractivity contribution in [1.29, 1.82) is 0 Å². The molecular weight excluding hydrogens is 406 g/mol. The highest BCUT2D eigenvalue weighted by Crippen LogP contribution is 2.20. The third-order valence-corrected chi connectivity index (χ3v) is 4.83. The number of nitrogens with zero attached hydrogens (tertiary/aromatic N) is 4. The van der Waals surface area contributed by atoms with Gasteiger partial charge in [0, 0.05) is 36.7 Å². The van der Waals surface area contributed by atoms with Crippen molar-refractivity contribution in [3.63, 3.8) is 0 Å². The van der Waals surface area contributed by atoms with Gasteiger partial charge in [-0.05, 0) is 50.2 Å². The number of hydrogen-bond acceptors (Lipinski definition) is 7. The first kappa shape index (κ1) is 21.1. The Bertz CT molecular complexity index is 1240. The molecule has 4 aromatic rings. The molecule has 3 heterocycles. The maximum absolute atomic E-state index is 12.7. The molecule has 3 N–H and O–H groups in total. The number of rotatable bonds is 8. The minimum atomic E-state index is -0.171. The maximum atomic E-state index is 12.7. The molecule has 0 aliphatic carbocycles. The van der Waals surface area contributed by atoms with Crippen molar-refractivity contribution in [3.05, 3.63) is 71.8 Å². The van der Waals surface area contributed by atoms with Gasteiger partial charge < -0.3 is 20.7 Å². The lowest BCUT2D eigenvalue weighted by Gasteiger charge is -2.11. The van der Waals surface area contributed by atoms with Crippen LogP contribution in [0.25, 0.3) is 5.65 Å². The first-order valence-corrected chi connectivity index (χ1v) is 10.3. The molecule has 0 saturated carbocycles. The molecule has 1 amide bonds. The van der Waals surface area contributed by atoms with Crippen molar-refractivity contribution in [2.45, 2.75) is 13.8 Å². The summed E-state index contributed by atoms with van der Waals surface area (Å²) in [4.78, 5) is 26.0. The number of carbonyl (C=O) groups excluding carboxylic acids is 1. The second-order valence-electron chi connectivity index (χ2n) is 7.23. The summed E-state index contributed by atoms with van der Waals surface area (Å²) in [6, 6.07) is 15.1. The summed E-state index contributed by atoms with van der Waals surface area (Å²) in [7, 11) is 1.63. The number of ether oxygens (including phenoxy) is 1. The SMILES string of the molecule is COc1ccc(Nc2cc(C)nc(NCCNC(=O)c3c(C)nc4ccccn34)n2)cc1. The van der Waals surface area contributed by atoms with Gasteiger partial charge in [-0.25, -0.2) is 9.97 Å². The predicted octanol–water partition coefficient (Wildman–Crippen LogP) is 3.34. The molecule has 9 heteroatoms. The average molecular weight is 432 g/mol. The number of pyridine rings is 1. The molecule has 0 radical (unpaired) electrons. The zero-order chi connectivity index (χ0) is 22.5. The third kappa shape index (κ3) is 4.77. The van der Waals surface area contributed by atoms with Gasteiger partial charge in [-0.2, -0.15) is 4.98 Å². The van der Waals surface area contributed by atoms with Crippen LogP contribution >= 0.6 is 0 Å². The van der Waals surface area contributed by atoms with Gasteiger partial charge >= 0.3 is 0 Å². The van der Waals surface area contributed by atoms with E-state index in [0.717, 1.165) is 22.8 Å². The van der Waals surface area contributed by atoms with E-state index >= 15 is 0 Å². The number of hydrogen-bond donors (Lipinski definition) is 3. The standard InChI is InChI=1S/C23H25N7O2/c1-15-14-19(28-17-7-9-18(32-3)10-8-17)29-23(26-15)25-12-11-24-22(31)21-16(2)27-20-6-4-5-13-30(20)21/h4-10,13-14H,11-12H2,1-3H3,(H,24,31)(H2,25,26,28,29). The molecule has 164 valence electrons. The summed E-state index contributed by atoms with van der Waals surface area (Å²) < 4.78 is 6.97. The molecule has 9 nitrogen and oxygen atoms in total. The smallest absolute Gasteiger partial charge is 0.270 e. The van der Waals surface area contributed by atoms with E-state index in [0.29, 0.717) is 36.2 Å². The topological polar surface area (TPSA) is 105 Å². The quantitative estimate of drug-likeness (QED) is 0.368. The highest BCUT2D eigenvalue weighted by atomic mass is 16.5. The number of nitrogens with one attached hydrogen (secondary N) is 3. The highest BCUT2D eigenvalue weighted by Gasteiger charge is 2.15. The van der Waals surface area contributed by atoms with Gasteiger partial charge in [0.25, 0.3) is 5.91 Å². The minimum absolute atomic E-state index is 0.171. The Morgan fingerprint density at radius 1 is 1.03 bits per heavy atom. The second kappa shape index (κ2) is 9.34. The zero-order valence-corrected chi connectivity index (χ0v) is 18.2. The first-order valence-electron chi connectivity index (χ1n) is 10.3. The van der Waals surface area contributed by atoms with Gasteiger partial charge in [0.15, 0.2) is 0 Å². The van der Waals surface area contributed by atoms with Crippen LogP contribution in [0, 0.1) is 13.8 Å². The summed E-state index contributed by atoms with van der Waals surface area (Å²) in [6.45, 7) is 4.63. The van der Waals surface area contributed by atoms with Gasteiger partial charge in [0.05, 0.1) is 12.8 Å². The summed E-state index contributed by atoms with van der Waals surface area (Å²) >= 11 is 0. The first-order chi connectivity index (χ1) is 15.5. The fourth-order valence-electron chi connectivity index (χ4n) is 3.35. The fraction of sp³-hybridized carbons (Fsp3) is 0.217. The van der Waals surface area contributed by atoms with Gasteiger partial charge in [-0.1, -0.05) is 6.07 Å². The Labute approximate surface area is 185 Å². The van der Waals surface area contributed by atoms with Crippen LogP contribution in [0.1, 0.15) is 21.9 Å². The number of fused-ring (bicyclic) bond motifs is 1. The van der Waals surface area contributed by atoms with Crippen molar-refractivity contribution >= 4 is 29.0 Å². The van der Waals surface area contributed by atoms with Crippen LogP contribution in [0.2, 0.25) is 0 Å². The van der Waals surface area contributed by atoms with Crippen LogP contribution in [0.5, 0.6) is 5.75 Å². The molecule has 32 heavy (non-hydrogen) atoms. The molecule has 0 saturated heterocycles. The fourth-order valence-corrected chi connectivity index (χ4v) is 3.35. The Morgan fingerprint density at radius 3 is 2.62 bits per heavy atom. The Balaban J connectivity index is 1.34. The van der Waals surface area contributed by atoms with E-state index < -0.39 is 0 Å². The molecule has 0 fully saturated rings. The lowest BCUT2D eigenvalue weighted by molar-refractivity contribution is 0.0948. The van der Waals surface area contributed by atoms with E-state index in [1.807, 2.05) is 68.6 Å². The van der Waals surface area contributed by atoms with Crippen LogP contribution in [0.15, 0.2) is 54.7 Å². The minimum Gasteiger partial charge on any atom is -0.497 e. The van der Waals surface area contributed by atoms with Crippen molar-refractivity contribution < 1.29 is 9.53 Å². The number of imidazole rings is 1. The number of carbonyl (C=O) groups is 1. The number of anilines is 3. The van der Waals surface area contributed by atoms with Gasteiger partial charge in [-0.15, -0.1) is 0 Å². The van der Waals surface area contributed by atoms with Crippen LogP contribution in [0.4, 0.5) is 17.5 Å². The van der Waals surface area contributed by atoms with Crippen molar-refractivity contribution in [1.82, 2.24) is 24.7 Å². The van der Waals surface area contributed by atoms with Crippen molar-refractivity contribution in [2.24, 2.45) is 0 Å². The molecule has 1 aromatic carbocycles. The summed E-state index contributed by atoms with van der Waals surface area (Å²) in [5.74, 6) is 1.78. The number of methoxy groups -OCH3 is 1. The van der Waals surface area contributed by atoms with E-state index in [4.69, 9.17) is 4.74 Å². The van der Waals surface area contributed by atoms with Gasteiger partial charge in [-0.3, -0.25) is 9.20 Å². The maximum Gasteiger partial charge on any atom is 0.270 e. The van der Waals surface area contributed by atoms with E-state index in [-0.39, 0.29) is 5.91 Å². The normalized spacial score (nSPS) is 10.7. The highest BCUT2D eigenvalue weighted by molar-refractivity contribution is 5.94. The Hall–Kier alpha value is -4.14. The molecular formula is C23H25N7O2. The van der Waals surface area contributed by atoms with E-state index in [9.17, 15) is 4.79 Å². The molecule has 0 unspecified atom stereocenters. The van der Waals surface area contributed by atoms with Crippen molar-refractivity contribution in [3.8, 4) is 5.75 Å². The van der Waals surface area contributed by atoms with Crippen LogP contribution in [-0.2, 0) is 0 Å². The monoisotopic (exact) mass is 431 g/mol. The Kier molecular flexibility index (Phi) is 6.16. The molecule has 4 rings (SSSR count). The largest absolute Gasteiger partial charge is 0.497 e.